The van der Waals surface area contributed by atoms with Gasteiger partial charge in [0.2, 0.25) is 0 Å². The monoisotopic (exact) mass is 253 g/mol. The topological polar surface area (TPSA) is 21.3 Å². The van der Waals surface area contributed by atoms with E-state index < -0.39 is 0 Å². The zero-order chi connectivity index (χ0) is 13.4. The summed E-state index contributed by atoms with van der Waals surface area (Å²) in [7, 11) is 0. The number of hydrogen-bond acceptors (Lipinski definition) is 2. The van der Waals surface area contributed by atoms with Gasteiger partial charge in [-0.25, -0.2) is 0 Å². The molecule has 0 amide bonds. The summed E-state index contributed by atoms with van der Waals surface area (Å²) in [6.45, 7) is 13.7. The van der Waals surface area contributed by atoms with Gasteiger partial charge in [0.25, 0.3) is 0 Å². The van der Waals surface area contributed by atoms with Gasteiger partial charge in [-0.3, -0.25) is 0 Å². The molecule has 4 atom stereocenters. The first-order chi connectivity index (χ1) is 8.41. The van der Waals surface area contributed by atoms with Gasteiger partial charge in [0.15, 0.2) is 0 Å². The van der Waals surface area contributed by atoms with E-state index in [4.69, 9.17) is 4.74 Å². The van der Waals surface area contributed by atoms with Crippen molar-refractivity contribution in [2.45, 2.75) is 71.5 Å². The van der Waals surface area contributed by atoms with E-state index in [1.54, 1.807) is 0 Å². The summed E-state index contributed by atoms with van der Waals surface area (Å²) in [5, 5.41) is 3.67. The highest BCUT2D eigenvalue weighted by atomic mass is 16.5. The normalized spacial score (nSPS) is 45.7. The van der Waals surface area contributed by atoms with E-state index >= 15 is 0 Å². The zero-order valence-electron chi connectivity index (χ0n) is 12.9. The second-order valence-corrected chi connectivity index (χ2v) is 7.31. The summed E-state index contributed by atoms with van der Waals surface area (Å²) in [5.74, 6) is 2.24. The third-order valence-electron chi connectivity index (χ3n) is 5.27. The molecule has 1 aliphatic carbocycles. The van der Waals surface area contributed by atoms with Gasteiger partial charge in [0.1, 0.15) is 0 Å². The molecule has 1 saturated carbocycles. The lowest BCUT2D eigenvalue weighted by atomic mass is 9.66. The fourth-order valence-electron chi connectivity index (χ4n) is 4.13. The number of hydrogen-bond donors (Lipinski definition) is 1. The molecule has 18 heavy (non-hydrogen) atoms. The van der Waals surface area contributed by atoms with Crippen molar-refractivity contribution in [3.05, 3.63) is 0 Å². The Morgan fingerprint density at radius 3 is 2.61 bits per heavy atom. The molecule has 0 aromatic heterocycles. The fraction of sp³-hybridized carbons (Fsp3) is 1.00. The van der Waals surface area contributed by atoms with Crippen LogP contribution in [0.15, 0.2) is 0 Å². The standard InChI is InChI=1S/C16H31NO/c1-6-15(5)10-17-11-16(18-15)9-13(4)7-8-14(16)12(2)3/h12-14,17H,6-11H2,1-5H3. The van der Waals surface area contributed by atoms with Gasteiger partial charge in [-0.2, -0.15) is 0 Å². The fourth-order valence-corrected chi connectivity index (χ4v) is 4.13. The van der Waals surface area contributed by atoms with Gasteiger partial charge < -0.3 is 10.1 Å². The summed E-state index contributed by atoms with van der Waals surface area (Å²) in [6, 6.07) is 0. The van der Waals surface area contributed by atoms with Crippen LogP contribution >= 0.6 is 0 Å². The lowest BCUT2D eigenvalue weighted by Gasteiger charge is -2.55. The second-order valence-electron chi connectivity index (χ2n) is 7.31. The minimum absolute atomic E-state index is 0.0302. The minimum Gasteiger partial charge on any atom is -0.366 e. The maximum absolute atomic E-state index is 6.73. The largest absolute Gasteiger partial charge is 0.366 e. The summed E-state index contributed by atoms with van der Waals surface area (Å²) >= 11 is 0. The SMILES string of the molecule is CCC1(C)CNCC2(CC(C)CCC2C(C)C)O1. The van der Waals surface area contributed by atoms with E-state index in [9.17, 15) is 0 Å². The van der Waals surface area contributed by atoms with E-state index in [1.807, 2.05) is 0 Å². The van der Waals surface area contributed by atoms with Crippen molar-refractivity contribution in [2.75, 3.05) is 13.1 Å². The Morgan fingerprint density at radius 1 is 1.28 bits per heavy atom. The van der Waals surface area contributed by atoms with Crippen molar-refractivity contribution >= 4 is 0 Å². The van der Waals surface area contributed by atoms with Crippen LogP contribution in [-0.2, 0) is 4.74 Å². The van der Waals surface area contributed by atoms with Crippen LogP contribution in [0, 0.1) is 17.8 Å². The molecule has 2 nitrogen and oxygen atoms in total. The van der Waals surface area contributed by atoms with Gasteiger partial charge in [-0.15, -0.1) is 0 Å². The van der Waals surface area contributed by atoms with E-state index in [2.05, 4.69) is 39.9 Å². The quantitative estimate of drug-likeness (QED) is 0.812. The Balaban J connectivity index is 2.23. The van der Waals surface area contributed by atoms with Crippen LogP contribution in [0.5, 0.6) is 0 Å². The molecule has 4 unspecified atom stereocenters. The Bertz CT molecular complexity index is 291. The van der Waals surface area contributed by atoms with E-state index in [1.165, 1.54) is 19.3 Å². The average Bonchev–Trinajstić information content (AvgIpc) is 2.28. The van der Waals surface area contributed by atoms with Crippen molar-refractivity contribution in [2.24, 2.45) is 17.8 Å². The van der Waals surface area contributed by atoms with E-state index in [-0.39, 0.29) is 11.2 Å². The first-order valence-corrected chi connectivity index (χ1v) is 7.82. The highest BCUT2D eigenvalue weighted by Gasteiger charge is 2.50. The van der Waals surface area contributed by atoms with Crippen molar-refractivity contribution in [1.82, 2.24) is 5.32 Å². The highest BCUT2D eigenvalue weighted by Crippen LogP contribution is 2.46. The maximum Gasteiger partial charge on any atom is 0.0847 e. The molecule has 0 radical (unpaired) electrons. The Morgan fingerprint density at radius 2 is 2.00 bits per heavy atom. The Labute approximate surface area is 113 Å². The first-order valence-electron chi connectivity index (χ1n) is 7.82. The molecular formula is C16H31NO. The third-order valence-corrected chi connectivity index (χ3v) is 5.27. The van der Waals surface area contributed by atoms with Crippen LogP contribution < -0.4 is 5.32 Å². The van der Waals surface area contributed by atoms with Crippen molar-refractivity contribution in [3.8, 4) is 0 Å². The number of rotatable bonds is 2. The molecule has 0 aromatic rings. The smallest absolute Gasteiger partial charge is 0.0847 e. The molecule has 0 bridgehead atoms. The molecule has 2 aliphatic rings. The molecule has 106 valence electrons. The van der Waals surface area contributed by atoms with Gasteiger partial charge in [-0.05, 0) is 43.9 Å². The Kier molecular flexibility index (Phi) is 4.08. The summed E-state index contributed by atoms with van der Waals surface area (Å²) in [5.41, 5.74) is 0.122. The van der Waals surface area contributed by atoms with Gasteiger partial charge >= 0.3 is 0 Å². The lowest BCUT2D eigenvalue weighted by Crippen LogP contribution is -2.64. The minimum atomic E-state index is 0.0302. The molecule has 2 heteroatoms. The number of nitrogens with one attached hydrogen (secondary N) is 1. The van der Waals surface area contributed by atoms with Crippen molar-refractivity contribution < 1.29 is 4.74 Å². The molecule has 1 aliphatic heterocycles. The molecule has 1 spiro atoms. The predicted octanol–water partition coefficient (Wildman–Crippen LogP) is 3.61. The van der Waals surface area contributed by atoms with Crippen LogP contribution in [-0.4, -0.2) is 24.3 Å². The molecule has 2 fully saturated rings. The summed E-state index contributed by atoms with van der Waals surface area (Å²) in [6.07, 6.45) is 5.04. The molecule has 1 N–H and O–H groups in total. The van der Waals surface area contributed by atoms with Crippen LogP contribution in [0.2, 0.25) is 0 Å². The van der Waals surface area contributed by atoms with Crippen LogP contribution in [0.25, 0.3) is 0 Å². The zero-order valence-corrected chi connectivity index (χ0v) is 12.9. The summed E-state index contributed by atoms with van der Waals surface area (Å²) < 4.78 is 6.73. The third kappa shape index (κ3) is 2.60. The van der Waals surface area contributed by atoms with Crippen LogP contribution in [0.4, 0.5) is 0 Å². The van der Waals surface area contributed by atoms with Crippen LogP contribution in [0.3, 0.4) is 0 Å². The first kappa shape index (κ1) is 14.3. The van der Waals surface area contributed by atoms with Gasteiger partial charge in [-0.1, -0.05) is 34.1 Å². The number of morpholine rings is 1. The maximum atomic E-state index is 6.73. The number of ether oxygens (including phenoxy) is 1. The van der Waals surface area contributed by atoms with E-state index in [0.29, 0.717) is 5.92 Å². The average molecular weight is 253 g/mol. The lowest BCUT2D eigenvalue weighted by molar-refractivity contribution is -0.220. The van der Waals surface area contributed by atoms with Gasteiger partial charge in [0.05, 0.1) is 11.2 Å². The molecule has 2 rings (SSSR count). The molecule has 1 heterocycles. The molecular weight excluding hydrogens is 222 g/mol. The van der Waals surface area contributed by atoms with Crippen molar-refractivity contribution in [1.29, 1.82) is 0 Å². The van der Waals surface area contributed by atoms with Crippen molar-refractivity contribution in [3.63, 3.8) is 0 Å². The Hall–Kier alpha value is -0.0800. The predicted molar refractivity (Wildman–Crippen MR) is 76.7 cm³/mol. The van der Waals surface area contributed by atoms with E-state index in [0.717, 1.165) is 31.3 Å². The second kappa shape index (κ2) is 5.13. The van der Waals surface area contributed by atoms with Crippen LogP contribution in [0.1, 0.15) is 60.3 Å². The molecule has 0 aromatic carbocycles. The molecule has 1 saturated heterocycles. The summed E-state index contributed by atoms with van der Waals surface area (Å²) in [4.78, 5) is 0. The van der Waals surface area contributed by atoms with Gasteiger partial charge in [0, 0.05) is 13.1 Å². The highest BCUT2D eigenvalue weighted by molar-refractivity contribution is 5.02.